The van der Waals surface area contributed by atoms with Crippen LogP contribution in [0.1, 0.15) is 25.0 Å². The van der Waals surface area contributed by atoms with E-state index in [-0.39, 0.29) is 0 Å². The number of carbonyl (C=O) groups is 1. The molecule has 1 aromatic rings. The smallest absolute Gasteiger partial charge is 0.303 e. The second-order valence-corrected chi connectivity index (χ2v) is 4.80. The molecular weight excluding hydrogens is 218 g/mol. The van der Waals surface area contributed by atoms with Crippen LogP contribution in [0.3, 0.4) is 0 Å². The highest BCUT2D eigenvalue weighted by atomic mass is 16.4. The van der Waals surface area contributed by atoms with Crippen LogP contribution in [0.4, 0.5) is 0 Å². The minimum atomic E-state index is -0.673. The highest BCUT2D eigenvalue weighted by Crippen LogP contribution is 2.21. The summed E-state index contributed by atoms with van der Waals surface area (Å²) in [4.78, 5) is 13.0. The quantitative estimate of drug-likeness (QED) is 0.852. The van der Waals surface area contributed by atoms with Gasteiger partial charge in [-0.25, -0.2) is 0 Å². The Hall–Kier alpha value is -1.36. The van der Waals surface area contributed by atoms with Gasteiger partial charge in [0.1, 0.15) is 0 Å². The van der Waals surface area contributed by atoms with E-state index < -0.39 is 5.97 Å². The van der Waals surface area contributed by atoms with E-state index in [0.29, 0.717) is 12.3 Å². The molecule has 5 heteroatoms. The molecule has 17 heavy (non-hydrogen) atoms. The molecule has 1 aliphatic rings. The van der Waals surface area contributed by atoms with Gasteiger partial charge in [0.05, 0.1) is 5.69 Å². The Balaban J connectivity index is 1.77. The molecule has 1 aromatic heterocycles. The van der Waals surface area contributed by atoms with Crippen molar-refractivity contribution in [2.45, 2.75) is 25.8 Å². The van der Waals surface area contributed by atoms with E-state index in [9.17, 15) is 4.79 Å². The van der Waals surface area contributed by atoms with Gasteiger partial charge in [-0.1, -0.05) is 0 Å². The highest BCUT2D eigenvalue weighted by molar-refractivity contribution is 5.67. The molecule has 0 amide bonds. The number of hydrogen-bond donors (Lipinski definition) is 1. The molecule has 2 rings (SSSR count). The SMILES string of the molecule is Cn1ccc(CN2CCC(CC(=O)O)CC2)n1. The lowest BCUT2D eigenvalue weighted by molar-refractivity contribution is -0.138. The molecule has 1 fully saturated rings. The van der Waals surface area contributed by atoms with Crippen molar-refractivity contribution in [1.29, 1.82) is 0 Å². The van der Waals surface area contributed by atoms with Crippen LogP contribution < -0.4 is 0 Å². The van der Waals surface area contributed by atoms with Crippen molar-refractivity contribution in [1.82, 2.24) is 14.7 Å². The van der Waals surface area contributed by atoms with Gasteiger partial charge in [0.15, 0.2) is 0 Å². The largest absolute Gasteiger partial charge is 0.481 e. The minimum absolute atomic E-state index is 0.317. The van der Waals surface area contributed by atoms with Crippen molar-refractivity contribution in [2.24, 2.45) is 13.0 Å². The normalized spacial score (nSPS) is 18.4. The van der Waals surface area contributed by atoms with E-state index in [2.05, 4.69) is 10.00 Å². The maximum absolute atomic E-state index is 10.6. The summed E-state index contributed by atoms with van der Waals surface area (Å²) in [7, 11) is 1.92. The van der Waals surface area contributed by atoms with Crippen molar-refractivity contribution < 1.29 is 9.90 Å². The zero-order valence-corrected chi connectivity index (χ0v) is 10.2. The van der Waals surface area contributed by atoms with Gasteiger partial charge in [0, 0.05) is 26.2 Å². The Morgan fingerprint density at radius 3 is 2.76 bits per heavy atom. The number of hydrogen-bond acceptors (Lipinski definition) is 3. The average Bonchev–Trinajstić information content (AvgIpc) is 2.66. The molecule has 2 heterocycles. The molecule has 5 nitrogen and oxygen atoms in total. The summed E-state index contributed by atoms with van der Waals surface area (Å²) < 4.78 is 1.81. The lowest BCUT2D eigenvalue weighted by atomic mass is 9.93. The third kappa shape index (κ3) is 3.56. The molecule has 0 spiro atoms. The fourth-order valence-corrected chi connectivity index (χ4v) is 2.37. The van der Waals surface area contributed by atoms with E-state index in [1.165, 1.54) is 0 Å². The van der Waals surface area contributed by atoms with Gasteiger partial charge in [-0.15, -0.1) is 0 Å². The van der Waals surface area contributed by atoms with E-state index in [1.807, 2.05) is 24.0 Å². The number of carboxylic acid groups (broad SMARTS) is 1. The van der Waals surface area contributed by atoms with Gasteiger partial charge in [-0.3, -0.25) is 14.4 Å². The van der Waals surface area contributed by atoms with Gasteiger partial charge < -0.3 is 5.11 Å². The number of aliphatic carboxylic acids is 1. The van der Waals surface area contributed by atoms with Crippen LogP contribution in [0.15, 0.2) is 12.3 Å². The Kier molecular flexibility index (Phi) is 3.78. The van der Waals surface area contributed by atoms with E-state index in [0.717, 1.165) is 38.2 Å². The zero-order chi connectivity index (χ0) is 12.3. The molecule has 0 unspecified atom stereocenters. The van der Waals surface area contributed by atoms with Gasteiger partial charge >= 0.3 is 5.97 Å². The molecular formula is C12H19N3O2. The molecule has 1 N–H and O–H groups in total. The predicted molar refractivity (Wildman–Crippen MR) is 63.5 cm³/mol. The molecule has 0 aromatic carbocycles. The average molecular weight is 237 g/mol. The number of aryl methyl sites for hydroxylation is 1. The standard InChI is InChI=1S/C12H19N3O2/c1-14-5-4-11(13-14)9-15-6-2-10(3-7-15)8-12(16)17/h4-5,10H,2-3,6-9H2,1H3,(H,16,17). The number of nitrogens with zero attached hydrogens (tertiary/aromatic N) is 3. The summed E-state index contributed by atoms with van der Waals surface area (Å²) in [6, 6.07) is 2.03. The summed E-state index contributed by atoms with van der Waals surface area (Å²) in [6.45, 7) is 2.84. The number of likely N-dealkylation sites (tertiary alicyclic amines) is 1. The minimum Gasteiger partial charge on any atom is -0.481 e. The number of piperidine rings is 1. The highest BCUT2D eigenvalue weighted by Gasteiger charge is 2.21. The third-order valence-corrected chi connectivity index (χ3v) is 3.32. The van der Waals surface area contributed by atoms with Crippen LogP contribution in [0.2, 0.25) is 0 Å². The number of aromatic nitrogens is 2. The first kappa shape index (κ1) is 12.1. The molecule has 0 aliphatic carbocycles. The zero-order valence-electron chi connectivity index (χ0n) is 10.2. The van der Waals surface area contributed by atoms with Gasteiger partial charge in [-0.05, 0) is 37.9 Å². The van der Waals surface area contributed by atoms with Crippen molar-refractivity contribution in [2.75, 3.05) is 13.1 Å². The Bertz CT molecular complexity index is 381. The van der Waals surface area contributed by atoms with Crippen LogP contribution in [0.5, 0.6) is 0 Å². The fraction of sp³-hybridized carbons (Fsp3) is 0.667. The molecule has 0 atom stereocenters. The summed E-state index contributed by atoms with van der Waals surface area (Å²) in [6.07, 6.45) is 4.24. The van der Waals surface area contributed by atoms with Crippen LogP contribution in [0.25, 0.3) is 0 Å². The third-order valence-electron chi connectivity index (χ3n) is 3.32. The van der Waals surface area contributed by atoms with Gasteiger partial charge in [0.25, 0.3) is 0 Å². The molecule has 0 saturated carbocycles. The van der Waals surface area contributed by atoms with Crippen LogP contribution >= 0.6 is 0 Å². The second kappa shape index (κ2) is 5.31. The monoisotopic (exact) mass is 237 g/mol. The lowest BCUT2D eigenvalue weighted by Crippen LogP contribution is -2.34. The van der Waals surface area contributed by atoms with E-state index in [4.69, 9.17) is 5.11 Å². The summed E-state index contributed by atoms with van der Waals surface area (Å²) in [5.74, 6) is -0.319. The Morgan fingerprint density at radius 1 is 1.53 bits per heavy atom. The maximum atomic E-state index is 10.6. The van der Waals surface area contributed by atoms with Crippen LogP contribution in [-0.2, 0) is 18.4 Å². The summed E-state index contributed by atoms with van der Waals surface area (Å²) in [5.41, 5.74) is 1.09. The van der Waals surface area contributed by atoms with Crippen molar-refractivity contribution >= 4 is 5.97 Å². The fourth-order valence-electron chi connectivity index (χ4n) is 2.37. The molecule has 0 radical (unpaired) electrons. The van der Waals surface area contributed by atoms with E-state index in [1.54, 1.807) is 0 Å². The first-order valence-corrected chi connectivity index (χ1v) is 6.06. The Morgan fingerprint density at radius 2 is 2.24 bits per heavy atom. The van der Waals surface area contributed by atoms with Gasteiger partial charge in [-0.2, -0.15) is 5.10 Å². The number of rotatable bonds is 4. The molecule has 1 aliphatic heterocycles. The molecule has 0 bridgehead atoms. The van der Waals surface area contributed by atoms with Crippen LogP contribution in [0, 0.1) is 5.92 Å². The lowest BCUT2D eigenvalue weighted by Gasteiger charge is -2.30. The van der Waals surface area contributed by atoms with Crippen molar-refractivity contribution in [3.63, 3.8) is 0 Å². The predicted octanol–water partition coefficient (Wildman–Crippen LogP) is 1.11. The first-order chi connectivity index (χ1) is 8.13. The molecule has 94 valence electrons. The van der Waals surface area contributed by atoms with Crippen LogP contribution in [-0.4, -0.2) is 38.8 Å². The summed E-state index contributed by atoms with van der Waals surface area (Å²) >= 11 is 0. The first-order valence-electron chi connectivity index (χ1n) is 6.06. The second-order valence-electron chi connectivity index (χ2n) is 4.80. The molecule has 1 saturated heterocycles. The maximum Gasteiger partial charge on any atom is 0.303 e. The topological polar surface area (TPSA) is 58.4 Å². The van der Waals surface area contributed by atoms with E-state index >= 15 is 0 Å². The van der Waals surface area contributed by atoms with Crippen molar-refractivity contribution in [3.05, 3.63) is 18.0 Å². The number of carboxylic acids is 1. The summed E-state index contributed by atoms with van der Waals surface area (Å²) in [5, 5.41) is 13.1. The van der Waals surface area contributed by atoms with Gasteiger partial charge in [0.2, 0.25) is 0 Å². The Labute approximate surface area is 101 Å². The van der Waals surface area contributed by atoms with Crippen molar-refractivity contribution in [3.8, 4) is 0 Å².